The third kappa shape index (κ3) is 1.78. The molecule has 4 saturated carbocycles. The number of hydrogen-bond acceptors (Lipinski definition) is 3. The molecule has 7 atom stereocenters. The van der Waals surface area contributed by atoms with Gasteiger partial charge in [-0.25, -0.2) is 0 Å². The molecule has 3 nitrogen and oxygen atoms in total. The molecule has 0 aliphatic heterocycles. The third-order valence-electron chi connectivity index (χ3n) is 8.15. The SMILES string of the molecule is C[C@]12CC[C@@H](O)C[C@H]1CC(=O)[C@@H]1[C@@H]2CC[C@]2(C)C(=O)CC[C@@H]12. The van der Waals surface area contributed by atoms with E-state index in [2.05, 4.69) is 13.8 Å². The number of carbonyl (C=O) groups is 2. The molecule has 122 valence electrons. The molecule has 1 N–H and O–H groups in total. The molecule has 4 rings (SSSR count). The van der Waals surface area contributed by atoms with Crippen LogP contribution < -0.4 is 0 Å². The van der Waals surface area contributed by atoms with E-state index in [9.17, 15) is 14.7 Å². The number of aliphatic hydroxyl groups is 1. The molecule has 4 aliphatic carbocycles. The van der Waals surface area contributed by atoms with Gasteiger partial charge in [0.1, 0.15) is 11.6 Å². The first-order valence-electron chi connectivity index (χ1n) is 9.10. The molecule has 0 spiro atoms. The summed E-state index contributed by atoms with van der Waals surface area (Å²) in [6, 6.07) is 0. The van der Waals surface area contributed by atoms with Crippen molar-refractivity contribution in [2.24, 2.45) is 34.5 Å². The summed E-state index contributed by atoms with van der Waals surface area (Å²) in [5.74, 6) is 1.99. The number of carbonyl (C=O) groups excluding carboxylic acids is 2. The highest BCUT2D eigenvalue weighted by Gasteiger charge is 2.62. The zero-order chi connectivity index (χ0) is 15.7. The summed E-state index contributed by atoms with van der Waals surface area (Å²) >= 11 is 0. The van der Waals surface area contributed by atoms with Crippen LogP contribution in [0.4, 0.5) is 0 Å². The second-order valence-electron chi connectivity index (χ2n) is 8.96. The Kier molecular flexibility index (Phi) is 3.15. The third-order valence-corrected chi connectivity index (χ3v) is 8.15. The van der Waals surface area contributed by atoms with Gasteiger partial charge in [0.05, 0.1) is 6.10 Å². The maximum atomic E-state index is 12.9. The number of fused-ring (bicyclic) bond motifs is 5. The molecule has 0 unspecified atom stereocenters. The second kappa shape index (κ2) is 4.66. The maximum absolute atomic E-state index is 12.9. The molecular formula is C19H28O3. The molecule has 0 radical (unpaired) electrons. The molecule has 0 bridgehead atoms. The predicted octanol–water partition coefficient (Wildman–Crippen LogP) is 3.14. The first-order valence-corrected chi connectivity index (χ1v) is 9.10. The average Bonchev–Trinajstić information content (AvgIpc) is 2.77. The Morgan fingerprint density at radius 2 is 1.82 bits per heavy atom. The smallest absolute Gasteiger partial charge is 0.139 e. The Balaban J connectivity index is 1.70. The van der Waals surface area contributed by atoms with Crippen molar-refractivity contribution >= 4 is 11.6 Å². The van der Waals surface area contributed by atoms with Gasteiger partial charge in [0, 0.05) is 24.2 Å². The molecule has 0 heterocycles. The van der Waals surface area contributed by atoms with Gasteiger partial charge < -0.3 is 5.11 Å². The van der Waals surface area contributed by atoms with Crippen LogP contribution in [0.3, 0.4) is 0 Å². The van der Waals surface area contributed by atoms with Crippen molar-refractivity contribution in [3.8, 4) is 0 Å². The predicted molar refractivity (Wildman–Crippen MR) is 83.1 cm³/mol. The van der Waals surface area contributed by atoms with Crippen LogP contribution in [0.2, 0.25) is 0 Å². The fourth-order valence-electron chi connectivity index (χ4n) is 6.68. The average molecular weight is 304 g/mol. The van der Waals surface area contributed by atoms with Gasteiger partial charge in [0.15, 0.2) is 0 Å². The summed E-state index contributed by atoms with van der Waals surface area (Å²) in [5.41, 5.74) is -0.0288. The lowest BCUT2D eigenvalue weighted by Crippen LogP contribution is -2.57. The Bertz CT molecular complexity index is 527. The number of ketones is 2. The van der Waals surface area contributed by atoms with Crippen molar-refractivity contribution < 1.29 is 14.7 Å². The lowest BCUT2D eigenvalue weighted by Gasteiger charge is -2.59. The molecule has 22 heavy (non-hydrogen) atoms. The maximum Gasteiger partial charge on any atom is 0.139 e. The first-order chi connectivity index (χ1) is 10.4. The summed E-state index contributed by atoms with van der Waals surface area (Å²) in [6.07, 6.45) is 6.73. The van der Waals surface area contributed by atoms with E-state index in [0.29, 0.717) is 36.2 Å². The Labute approximate surface area is 132 Å². The highest BCUT2D eigenvalue weighted by Crippen LogP contribution is 2.64. The van der Waals surface area contributed by atoms with E-state index >= 15 is 0 Å². The number of rotatable bonds is 0. The van der Waals surface area contributed by atoms with Crippen LogP contribution in [0.15, 0.2) is 0 Å². The van der Waals surface area contributed by atoms with Gasteiger partial charge in [0.25, 0.3) is 0 Å². The molecule has 0 saturated heterocycles. The summed E-state index contributed by atoms with van der Waals surface area (Å²) in [4.78, 5) is 25.3. The molecule has 4 fully saturated rings. The van der Waals surface area contributed by atoms with E-state index in [-0.39, 0.29) is 28.8 Å². The minimum absolute atomic E-state index is 0.113. The number of Topliss-reactive ketones (excluding diaryl/α,β-unsaturated/α-hetero) is 2. The van der Waals surface area contributed by atoms with E-state index in [0.717, 1.165) is 38.5 Å². The minimum Gasteiger partial charge on any atom is -0.393 e. The van der Waals surface area contributed by atoms with Crippen molar-refractivity contribution in [1.29, 1.82) is 0 Å². The summed E-state index contributed by atoms with van der Waals surface area (Å²) in [6.45, 7) is 4.49. The zero-order valence-corrected chi connectivity index (χ0v) is 13.8. The lowest BCUT2D eigenvalue weighted by molar-refractivity contribution is -0.160. The van der Waals surface area contributed by atoms with Crippen molar-refractivity contribution in [2.45, 2.75) is 71.3 Å². The van der Waals surface area contributed by atoms with Gasteiger partial charge >= 0.3 is 0 Å². The van der Waals surface area contributed by atoms with Crippen LogP contribution in [0.5, 0.6) is 0 Å². The lowest BCUT2D eigenvalue weighted by atomic mass is 9.45. The fourth-order valence-corrected chi connectivity index (χ4v) is 6.68. The first kappa shape index (κ1) is 14.9. The van der Waals surface area contributed by atoms with Gasteiger partial charge in [0.2, 0.25) is 0 Å². The molecule has 0 aromatic rings. The molecular weight excluding hydrogens is 276 g/mol. The molecule has 0 aromatic heterocycles. The largest absolute Gasteiger partial charge is 0.393 e. The van der Waals surface area contributed by atoms with Gasteiger partial charge in [-0.15, -0.1) is 0 Å². The summed E-state index contributed by atoms with van der Waals surface area (Å²) in [5, 5.41) is 10.0. The second-order valence-corrected chi connectivity index (χ2v) is 8.96. The van der Waals surface area contributed by atoms with Crippen LogP contribution in [0, 0.1) is 34.5 Å². The summed E-state index contributed by atoms with van der Waals surface area (Å²) in [7, 11) is 0. The van der Waals surface area contributed by atoms with Crippen molar-refractivity contribution in [3.63, 3.8) is 0 Å². The van der Waals surface area contributed by atoms with E-state index in [1.54, 1.807) is 0 Å². The van der Waals surface area contributed by atoms with Gasteiger partial charge in [-0.2, -0.15) is 0 Å². The van der Waals surface area contributed by atoms with Crippen LogP contribution in [0.25, 0.3) is 0 Å². The zero-order valence-electron chi connectivity index (χ0n) is 13.8. The van der Waals surface area contributed by atoms with Crippen LogP contribution >= 0.6 is 0 Å². The van der Waals surface area contributed by atoms with E-state index < -0.39 is 0 Å². The summed E-state index contributed by atoms with van der Waals surface area (Å²) < 4.78 is 0. The van der Waals surface area contributed by atoms with Crippen molar-refractivity contribution in [1.82, 2.24) is 0 Å². The molecule has 0 aromatic carbocycles. The molecule has 4 aliphatic rings. The fraction of sp³-hybridized carbons (Fsp3) is 0.895. The topological polar surface area (TPSA) is 54.4 Å². The highest BCUT2D eigenvalue weighted by atomic mass is 16.3. The van der Waals surface area contributed by atoms with Crippen LogP contribution in [-0.2, 0) is 9.59 Å². The van der Waals surface area contributed by atoms with E-state index in [1.165, 1.54) is 0 Å². The van der Waals surface area contributed by atoms with Gasteiger partial charge in [-0.3, -0.25) is 9.59 Å². The Morgan fingerprint density at radius 1 is 1.05 bits per heavy atom. The Morgan fingerprint density at radius 3 is 2.59 bits per heavy atom. The van der Waals surface area contributed by atoms with Crippen molar-refractivity contribution in [2.75, 3.05) is 0 Å². The van der Waals surface area contributed by atoms with Gasteiger partial charge in [-0.05, 0) is 61.7 Å². The highest BCUT2D eigenvalue weighted by molar-refractivity contribution is 5.90. The number of aliphatic hydroxyl groups excluding tert-OH is 1. The van der Waals surface area contributed by atoms with Gasteiger partial charge in [-0.1, -0.05) is 13.8 Å². The van der Waals surface area contributed by atoms with Crippen LogP contribution in [-0.4, -0.2) is 22.8 Å². The monoisotopic (exact) mass is 304 g/mol. The quantitative estimate of drug-likeness (QED) is 0.748. The minimum atomic E-state index is -0.228. The Hall–Kier alpha value is -0.700. The molecule has 3 heteroatoms. The normalized spacial score (nSPS) is 54.6. The number of hydrogen-bond donors (Lipinski definition) is 1. The molecule has 0 amide bonds. The van der Waals surface area contributed by atoms with E-state index in [1.807, 2.05) is 0 Å². The standard InChI is InChI=1S/C19H28O3/c1-18-7-5-12(20)9-11(18)10-15(21)17-13-3-4-16(22)19(13,2)8-6-14(17)18/h11-14,17,20H,3-10H2,1-2H3/t11-,12+,13-,14-,17-,18-,19-/m0/s1. The van der Waals surface area contributed by atoms with Crippen molar-refractivity contribution in [3.05, 3.63) is 0 Å². The van der Waals surface area contributed by atoms with Crippen LogP contribution in [0.1, 0.15) is 65.2 Å². The van der Waals surface area contributed by atoms with E-state index in [4.69, 9.17) is 0 Å².